The Morgan fingerprint density at radius 1 is 0.355 bits per heavy atom. The van der Waals surface area contributed by atoms with E-state index in [-0.39, 0.29) is 88.6 Å². The molecule has 138 heavy (non-hydrogen) atoms. The number of hydrogen-bond donors (Lipinski definition) is 15. The van der Waals surface area contributed by atoms with Crippen LogP contribution in [0.1, 0.15) is 37.4 Å². The van der Waals surface area contributed by atoms with E-state index in [9.17, 15) is 43.4 Å². The van der Waals surface area contributed by atoms with Crippen LogP contribution in [0.25, 0.3) is 67.0 Å². The topological polar surface area (TPSA) is 790 Å². The molecule has 0 radical (unpaired) electrons. The first-order valence-corrected chi connectivity index (χ1v) is 55.9. The van der Waals surface area contributed by atoms with Gasteiger partial charge in [-0.1, -0.05) is 12.2 Å². The van der Waals surface area contributed by atoms with Crippen molar-refractivity contribution >= 4 is 214 Å². The van der Waals surface area contributed by atoms with Crippen LogP contribution in [0.15, 0.2) is 71.3 Å². The van der Waals surface area contributed by atoms with E-state index in [1.165, 1.54) is 56.2 Å². The van der Waals surface area contributed by atoms with Gasteiger partial charge >= 0.3 is 40.4 Å². The van der Waals surface area contributed by atoms with Crippen LogP contribution in [0.3, 0.4) is 0 Å². The van der Waals surface area contributed by atoms with Gasteiger partial charge in [-0.25, -0.2) is 77.5 Å². The SMILES string of the molecule is Nc1nc2c(ncn2[C@@H]2O[C@@H]3COP(O)(=S)O[C@H]4[C@H]5OC[C@]4(COP(=O)(S)O[C@@H]2[C@@H]3F)O[C@H]5n2cnc3c(N)ncnc32)c(=O)[nH]1.Nc1nc2c(ncn2[C@@H]2O[C@@H]3COP(O)(=S)O[C@H]4[C@H]5OC[C@]4(COP(O)(=S)O[C@@H]2[C@@H]3F)O[C@H]5n2cnc3c(N)ncnc32)c(=O)[nH]1.Nc1nc2c(ncn2[C@@H]2O[C@@H]3COP(O)(=S)O[C@H]4[C@H]5OC[C@]4(COP(O)(=S)O[C@@H]2[C@@H]3F)O[C@H]5n2cnc3c(N)ncnc32)c(=O)[nH]1. The number of alkyl halides is 3. The fourth-order valence-corrected chi connectivity index (χ4v) is 26.5. The first-order chi connectivity index (χ1) is 65.5. The molecule has 12 aliphatic heterocycles. The second-order valence-corrected chi connectivity index (χ2v) is 49.3. The van der Waals surface area contributed by atoms with Crippen LogP contribution in [0.5, 0.6) is 0 Å². The highest BCUT2D eigenvalue weighted by molar-refractivity contribution is 8.44. The van der Waals surface area contributed by atoms with E-state index in [4.69, 9.17) is 190 Å². The van der Waals surface area contributed by atoms with Crippen molar-refractivity contribution in [3.05, 3.63) is 88.0 Å². The molecule has 24 rings (SSSR count). The molecule has 6 unspecified atom stereocenters. The van der Waals surface area contributed by atoms with Crippen LogP contribution in [-0.2, 0) is 161 Å². The normalized spacial score (nSPS) is 39.7. The van der Waals surface area contributed by atoms with E-state index in [0.717, 1.165) is 19.0 Å². The predicted molar refractivity (Wildman–Crippen MR) is 475 cm³/mol. The average Bonchev–Trinajstić information content (AvgIpc) is 1.56. The fourth-order valence-electron chi connectivity index (χ4n) is 17.8. The number of halogens is 3. The fraction of sp³-hybridized carbons (Fsp3) is 0.524. The van der Waals surface area contributed by atoms with Gasteiger partial charge in [-0.2, -0.15) is 15.0 Å². The molecular weight excluding hydrogens is 2090 g/mol. The second kappa shape index (κ2) is 34.7. The lowest BCUT2D eigenvalue weighted by atomic mass is 10.0. The molecule has 0 amide bonds. The number of ether oxygens (including phenoxy) is 9. The predicted octanol–water partition coefficient (Wildman–Crippen LogP) is -1.35. The summed E-state index contributed by atoms with van der Waals surface area (Å²) < 4.78 is 193. The van der Waals surface area contributed by atoms with Crippen LogP contribution in [0, 0.1) is 0 Å². The van der Waals surface area contributed by atoms with Crippen LogP contribution < -0.4 is 51.1 Å². The Morgan fingerprint density at radius 3 is 0.928 bits per heavy atom. The molecule has 0 spiro atoms. The number of rotatable bonds is 6. The van der Waals surface area contributed by atoms with E-state index in [1.54, 1.807) is 9.13 Å². The molecule has 738 valence electrons. The molecular formula is C63H69F3N30O30P6S6. The number of nitrogens with two attached hydrogens (primary N) is 6. The highest BCUT2D eigenvalue weighted by Gasteiger charge is 2.70. The number of imidazole rings is 6. The van der Waals surface area contributed by atoms with Gasteiger partial charge in [0.05, 0.1) is 97.4 Å². The van der Waals surface area contributed by atoms with Gasteiger partial charge in [-0.15, -0.1) is 0 Å². The number of aromatic amines is 3. The van der Waals surface area contributed by atoms with Crippen molar-refractivity contribution in [2.24, 2.45) is 0 Å². The van der Waals surface area contributed by atoms with Gasteiger partial charge in [0.1, 0.15) is 126 Å². The zero-order valence-electron chi connectivity index (χ0n) is 68.8. The summed E-state index contributed by atoms with van der Waals surface area (Å²) in [4.78, 5) is 161. The highest BCUT2D eigenvalue weighted by atomic mass is 32.7. The summed E-state index contributed by atoms with van der Waals surface area (Å²) in [5.74, 6) is -0.291. The maximum Gasteiger partial charge on any atom is 0.386 e. The monoisotopic (exact) mass is 2160 g/mol. The molecule has 12 aliphatic rings. The number of nitrogens with zero attached hydrogens (tertiary/aromatic N) is 21. The summed E-state index contributed by atoms with van der Waals surface area (Å²) in [6, 6.07) is 0. The summed E-state index contributed by atoms with van der Waals surface area (Å²) in [5.41, 5.74) is 29.8. The highest BCUT2D eigenvalue weighted by Crippen LogP contribution is 2.65. The van der Waals surface area contributed by atoms with Crippen molar-refractivity contribution in [2.45, 2.75) is 146 Å². The van der Waals surface area contributed by atoms with Gasteiger partial charge in [0.15, 0.2) is 124 Å². The van der Waals surface area contributed by atoms with Gasteiger partial charge in [0.25, 0.3) is 16.7 Å². The van der Waals surface area contributed by atoms with Crippen molar-refractivity contribution in [3.8, 4) is 0 Å². The molecule has 20 N–H and O–H groups in total. The number of H-pyrrole nitrogens is 3. The average molecular weight is 2160 g/mol. The Kier molecular flexibility index (Phi) is 23.9. The van der Waals surface area contributed by atoms with Gasteiger partial charge in [-0.05, 0) is 59.0 Å². The third-order valence-electron chi connectivity index (χ3n) is 24.0. The Hall–Kier alpha value is -7.92. The number of nitrogens with one attached hydrogen (secondary N) is 3. The third-order valence-corrected chi connectivity index (χ3v) is 33.3. The minimum absolute atomic E-state index is 0.0576. The lowest BCUT2D eigenvalue weighted by molar-refractivity contribution is -0.183. The van der Waals surface area contributed by atoms with E-state index in [1.807, 2.05) is 0 Å². The largest absolute Gasteiger partial charge is 0.386 e. The minimum Gasteiger partial charge on any atom is -0.382 e. The standard InChI is InChI=1S/3C21H23FN10O10P2S2/c3*22-8-7-1-37-43(34,45)42-13-12-19(31-5-27-9-14(23)25-4-26-15(9)31)40-21(13,2-36-12)3-38-44(35,46)41-11(8)18(39-7)32-6-28-10-16(32)29-20(24)30-17(10)33/h3*4-8,11-13,18-19H,1-3H2,(H,34,45)(H,35,46)(H2,23,25,26)(H3,24,29,30,33)/t3*7-,8-,11-,12-,13+,18-,19-,21-,43?,44?/m111/s1. The number of aromatic nitrogens is 24. The van der Waals surface area contributed by atoms with Crippen molar-refractivity contribution in [2.75, 3.05) is 93.9 Å². The zero-order valence-corrected chi connectivity index (χ0v) is 79.1. The Morgan fingerprint density at radius 2 is 0.623 bits per heavy atom. The number of hydrogen-bond acceptors (Lipinski definition) is 51. The maximum atomic E-state index is 16.0. The van der Waals surface area contributed by atoms with Crippen LogP contribution >= 0.6 is 52.6 Å². The molecule has 30 atom stereocenters. The summed E-state index contributed by atoms with van der Waals surface area (Å²) in [6.07, 6.45) is -17.0. The van der Waals surface area contributed by atoms with Crippen molar-refractivity contribution in [3.63, 3.8) is 0 Å². The van der Waals surface area contributed by atoms with Crippen molar-refractivity contribution in [1.82, 2.24) is 117 Å². The summed E-state index contributed by atoms with van der Waals surface area (Å²) >= 11 is 30.6. The quantitative estimate of drug-likeness (QED) is 0.0676. The first-order valence-electron chi connectivity index (χ1n) is 40.2. The number of thiol groups is 1. The van der Waals surface area contributed by atoms with Crippen molar-refractivity contribution < 1.29 is 139 Å². The summed E-state index contributed by atoms with van der Waals surface area (Å²) in [7, 11) is 0. The van der Waals surface area contributed by atoms with Crippen LogP contribution in [0.4, 0.5) is 48.5 Å². The van der Waals surface area contributed by atoms with E-state index in [0.29, 0.717) is 33.5 Å². The number of anilines is 6. The lowest BCUT2D eigenvalue weighted by Gasteiger charge is -2.33. The van der Waals surface area contributed by atoms with E-state index < -0.39 is 243 Å². The van der Waals surface area contributed by atoms with Crippen LogP contribution in [-0.4, -0.2) is 310 Å². The zero-order chi connectivity index (χ0) is 96.5. The number of fused-ring (bicyclic) bond motifs is 12. The Bertz CT molecular complexity index is 6780. The molecule has 12 aromatic rings. The Labute approximate surface area is 793 Å². The van der Waals surface area contributed by atoms with E-state index in [2.05, 4.69) is 102 Å². The van der Waals surface area contributed by atoms with E-state index >= 15 is 13.2 Å². The van der Waals surface area contributed by atoms with Gasteiger partial charge in [0.2, 0.25) is 17.8 Å². The molecule has 0 aromatic carbocycles. The molecule has 60 nitrogen and oxygen atoms in total. The summed E-state index contributed by atoms with van der Waals surface area (Å²) in [6.45, 7) is -29.3. The van der Waals surface area contributed by atoms with Gasteiger partial charge < -0.3 is 124 Å². The lowest BCUT2D eigenvalue weighted by Crippen LogP contribution is -2.45. The molecule has 0 saturated carbocycles. The number of nitrogen functional groups attached to an aromatic ring is 6. The minimum atomic E-state index is -4.44. The molecule has 75 heteroatoms. The summed E-state index contributed by atoms with van der Waals surface area (Å²) in [5, 5.41) is 0. The molecule has 12 saturated heterocycles. The first kappa shape index (κ1) is 95.0. The molecule has 12 bridgehead atoms. The van der Waals surface area contributed by atoms with Gasteiger partial charge in [-0.3, -0.25) is 88.4 Å². The van der Waals surface area contributed by atoms with Gasteiger partial charge in [0, 0.05) is 0 Å². The van der Waals surface area contributed by atoms with Crippen molar-refractivity contribution in [1.29, 1.82) is 0 Å². The second-order valence-electron chi connectivity index (χ2n) is 32.5. The maximum absolute atomic E-state index is 16.0. The molecule has 12 fully saturated rings. The van der Waals surface area contributed by atoms with Crippen LogP contribution in [0.2, 0.25) is 0 Å². The molecule has 0 aliphatic carbocycles. The molecule has 12 aromatic heterocycles. The smallest absolute Gasteiger partial charge is 0.382 e. The third kappa shape index (κ3) is 16.7. The molecule has 24 heterocycles. The Balaban J connectivity index is 0.000000119.